The van der Waals surface area contributed by atoms with Gasteiger partial charge in [-0.2, -0.15) is 0 Å². The molecule has 100 valence electrons. The van der Waals surface area contributed by atoms with Crippen LogP contribution in [0.1, 0.15) is 26.3 Å². The molecule has 18 heavy (non-hydrogen) atoms. The molecule has 0 fully saturated rings. The normalized spacial score (nSPS) is 20.9. The number of halogens is 1. The van der Waals surface area contributed by atoms with E-state index in [4.69, 9.17) is 5.73 Å². The average molecular weight is 269 g/mol. The lowest BCUT2D eigenvalue weighted by atomic mass is 10.0. The topological polar surface area (TPSA) is 46.3 Å². The summed E-state index contributed by atoms with van der Waals surface area (Å²) < 4.78 is 0. The standard InChI is InChI=1S/C14H20N2O.ClH/c1-9-8-12-6-4-5-7-13(12)16(9)14(17)10(2)11(3)15;/h4-7,9-11H,8,15H2,1-3H3;1H. The van der Waals surface area contributed by atoms with Gasteiger partial charge in [0.15, 0.2) is 0 Å². The highest BCUT2D eigenvalue weighted by atomic mass is 35.5. The van der Waals surface area contributed by atoms with Crippen LogP contribution in [0.4, 0.5) is 5.69 Å². The predicted molar refractivity (Wildman–Crippen MR) is 77.2 cm³/mol. The van der Waals surface area contributed by atoms with E-state index in [1.165, 1.54) is 5.56 Å². The van der Waals surface area contributed by atoms with E-state index in [1.54, 1.807) is 0 Å². The molecule has 2 N–H and O–H groups in total. The van der Waals surface area contributed by atoms with Crippen LogP contribution in [0.3, 0.4) is 0 Å². The maximum Gasteiger partial charge on any atom is 0.231 e. The SMILES string of the molecule is CC(N)C(C)C(=O)N1c2ccccc2CC1C.Cl. The van der Waals surface area contributed by atoms with Gasteiger partial charge in [0, 0.05) is 17.8 Å². The van der Waals surface area contributed by atoms with Gasteiger partial charge in [-0.3, -0.25) is 4.79 Å². The summed E-state index contributed by atoms with van der Waals surface area (Å²) in [6.45, 7) is 5.88. The van der Waals surface area contributed by atoms with E-state index in [9.17, 15) is 4.79 Å². The Labute approximate surface area is 115 Å². The Morgan fingerprint density at radius 2 is 2.00 bits per heavy atom. The van der Waals surface area contributed by atoms with Crippen molar-refractivity contribution in [2.45, 2.75) is 39.3 Å². The first-order chi connectivity index (χ1) is 8.02. The molecule has 3 atom stereocenters. The van der Waals surface area contributed by atoms with E-state index in [0.29, 0.717) is 0 Å². The van der Waals surface area contributed by atoms with Gasteiger partial charge in [-0.1, -0.05) is 25.1 Å². The van der Waals surface area contributed by atoms with Crippen molar-refractivity contribution in [1.29, 1.82) is 0 Å². The summed E-state index contributed by atoms with van der Waals surface area (Å²) in [5, 5.41) is 0. The molecule has 0 saturated carbocycles. The molecule has 0 radical (unpaired) electrons. The summed E-state index contributed by atoms with van der Waals surface area (Å²) in [6.07, 6.45) is 0.938. The minimum absolute atomic E-state index is 0. The molecule has 1 aliphatic rings. The van der Waals surface area contributed by atoms with Crippen LogP contribution in [-0.2, 0) is 11.2 Å². The maximum absolute atomic E-state index is 12.4. The molecule has 1 aromatic carbocycles. The van der Waals surface area contributed by atoms with Crippen LogP contribution in [0, 0.1) is 5.92 Å². The number of carbonyl (C=O) groups excluding carboxylic acids is 1. The first-order valence-electron chi connectivity index (χ1n) is 6.19. The Hall–Kier alpha value is -1.06. The number of hydrogen-bond acceptors (Lipinski definition) is 2. The number of benzene rings is 1. The second kappa shape index (κ2) is 5.72. The van der Waals surface area contributed by atoms with Crippen molar-refractivity contribution in [2.24, 2.45) is 11.7 Å². The number of anilines is 1. The summed E-state index contributed by atoms with van der Waals surface area (Å²) in [5.41, 5.74) is 8.13. The predicted octanol–water partition coefficient (Wildman–Crippen LogP) is 2.37. The van der Waals surface area contributed by atoms with Crippen LogP contribution in [0.15, 0.2) is 24.3 Å². The minimum Gasteiger partial charge on any atom is -0.327 e. The van der Waals surface area contributed by atoms with Gasteiger partial charge in [0.2, 0.25) is 5.91 Å². The molecule has 0 aliphatic carbocycles. The van der Waals surface area contributed by atoms with Gasteiger partial charge >= 0.3 is 0 Å². The fourth-order valence-electron chi connectivity index (χ4n) is 2.35. The maximum atomic E-state index is 12.4. The molecule has 0 aromatic heterocycles. The fraction of sp³-hybridized carbons (Fsp3) is 0.500. The van der Waals surface area contributed by atoms with Gasteiger partial charge in [-0.15, -0.1) is 12.4 Å². The lowest BCUT2D eigenvalue weighted by molar-refractivity contribution is -0.122. The molecule has 1 amide bonds. The van der Waals surface area contributed by atoms with Gasteiger partial charge in [0.1, 0.15) is 0 Å². The number of nitrogens with two attached hydrogens (primary N) is 1. The molecule has 1 aliphatic heterocycles. The van der Waals surface area contributed by atoms with Crippen molar-refractivity contribution in [3.05, 3.63) is 29.8 Å². The summed E-state index contributed by atoms with van der Waals surface area (Å²) in [6, 6.07) is 8.24. The highest BCUT2D eigenvalue weighted by molar-refractivity contribution is 5.97. The molecular weight excluding hydrogens is 248 g/mol. The Bertz CT molecular complexity index is 434. The zero-order valence-electron chi connectivity index (χ0n) is 11.1. The largest absolute Gasteiger partial charge is 0.327 e. The second-order valence-electron chi connectivity index (χ2n) is 5.04. The second-order valence-corrected chi connectivity index (χ2v) is 5.04. The van der Waals surface area contributed by atoms with Gasteiger partial charge in [0.05, 0.1) is 5.92 Å². The van der Waals surface area contributed by atoms with Crippen LogP contribution in [0.5, 0.6) is 0 Å². The van der Waals surface area contributed by atoms with E-state index in [-0.39, 0.29) is 36.3 Å². The molecule has 3 unspecified atom stereocenters. The summed E-state index contributed by atoms with van der Waals surface area (Å²) in [5.74, 6) is 0.000978. The summed E-state index contributed by atoms with van der Waals surface area (Å²) >= 11 is 0. The van der Waals surface area contributed by atoms with Crippen LogP contribution < -0.4 is 10.6 Å². The van der Waals surface area contributed by atoms with Crippen molar-refractivity contribution < 1.29 is 4.79 Å². The number of hydrogen-bond donors (Lipinski definition) is 1. The van der Waals surface area contributed by atoms with Crippen LogP contribution in [0.2, 0.25) is 0 Å². The molecule has 0 spiro atoms. The summed E-state index contributed by atoms with van der Waals surface area (Å²) in [7, 11) is 0. The monoisotopic (exact) mass is 268 g/mol. The lowest BCUT2D eigenvalue weighted by Gasteiger charge is -2.27. The van der Waals surface area contributed by atoms with Gasteiger partial charge in [0.25, 0.3) is 0 Å². The Morgan fingerprint density at radius 3 is 2.61 bits per heavy atom. The quantitative estimate of drug-likeness (QED) is 0.895. The minimum atomic E-state index is -0.136. The van der Waals surface area contributed by atoms with E-state index in [1.807, 2.05) is 36.9 Å². The Morgan fingerprint density at radius 1 is 1.39 bits per heavy atom. The third-order valence-corrected chi connectivity index (χ3v) is 3.62. The van der Waals surface area contributed by atoms with Gasteiger partial charge < -0.3 is 10.6 Å². The number of amides is 1. The molecule has 0 bridgehead atoms. The number of nitrogens with zero attached hydrogens (tertiary/aromatic N) is 1. The highest BCUT2D eigenvalue weighted by Gasteiger charge is 2.33. The van der Waals surface area contributed by atoms with Crippen LogP contribution in [-0.4, -0.2) is 18.0 Å². The number of para-hydroxylation sites is 1. The third kappa shape index (κ3) is 2.52. The van der Waals surface area contributed by atoms with Crippen molar-refractivity contribution in [2.75, 3.05) is 4.90 Å². The van der Waals surface area contributed by atoms with E-state index < -0.39 is 0 Å². The number of fused-ring (bicyclic) bond motifs is 1. The smallest absolute Gasteiger partial charge is 0.231 e. The molecular formula is C14H21ClN2O. The number of carbonyl (C=O) groups is 1. The van der Waals surface area contributed by atoms with Gasteiger partial charge in [-0.25, -0.2) is 0 Å². The van der Waals surface area contributed by atoms with E-state index >= 15 is 0 Å². The average Bonchev–Trinajstić information content (AvgIpc) is 2.62. The van der Waals surface area contributed by atoms with Crippen molar-refractivity contribution >= 4 is 24.0 Å². The van der Waals surface area contributed by atoms with Crippen LogP contribution in [0.25, 0.3) is 0 Å². The molecule has 1 heterocycles. The van der Waals surface area contributed by atoms with Crippen molar-refractivity contribution in [1.82, 2.24) is 0 Å². The first kappa shape index (κ1) is 15.0. The Balaban J connectivity index is 0.00000162. The zero-order valence-corrected chi connectivity index (χ0v) is 11.9. The number of rotatable bonds is 2. The third-order valence-electron chi connectivity index (χ3n) is 3.62. The van der Waals surface area contributed by atoms with Crippen molar-refractivity contribution in [3.63, 3.8) is 0 Å². The Kier molecular flexibility index (Phi) is 4.77. The highest BCUT2D eigenvalue weighted by Crippen LogP contribution is 2.33. The molecule has 3 nitrogen and oxygen atoms in total. The van der Waals surface area contributed by atoms with Gasteiger partial charge in [-0.05, 0) is 31.9 Å². The molecule has 2 rings (SSSR count). The van der Waals surface area contributed by atoms with Crippen molar-refractivity contribution in [3.8, 4) is 0 Å². The molecule has 4 heteroatoms. The fourth-order valence-corrected chi connectivity index (χ4v) is 2.35. The molecule has 1 aromatic rings. The molecule has 0 saturated heterocycles. The van der Waals surface area contributed by atoms with E-state index in [0.717, 1.165) is 12.1 Å². The van der Waals surface area contributed by atoms with Crippen LogP contribution >= 0.6 is 12.4 Å². The summed E-state index contributed by atoms with van der Waals surface area (Å²) in [4.78, 5) is 14.3. The lowest BCUT2D eigenvalue weighted by Crippen LogP contribution is -2.44. The zero-order chi connectivity index (χ0) is 12.6. The van der Waals surface area contributed by atoms with E-state index in [2.05, 4.69) is 13.0 Å². The first-order valence-corrected chi connectivity index (χ1v) is 6.19.